The van der Waals surface area contributed by atoms with Crippen molar-refractivity contribution < 1.29 is 4.79 Å². The van der Waals surface area contributed by atoms with E-state index in [9.17, 15) is 10.5 Å². The van der Waals surface area contributed by atoms with Crippen LogP contribution in [-0.4, -0.2) is 17.9 Å². The summed E-state index contributed by atoms with van der Waals surface area (Å²) in [5.41, 5.74) is 0.676. The van der Waals surface area contributed by atoms with Gasteiger partial charge in [-0.25, -0.2) is 0 Å². The Balaban J connectivity index is 1.46. The van der Waals surface area contributed by atoms with Gasteiger partial charge in [-0.3, -0.25) is 4.79 Å². The lowest BCUT2D eigenvalue weighted by atomic mass is 9.47. The maximum absolute atomic E-state index is 15.1. The summed E-state index contributed by atoms with van der Waals surface area (Å²) >= 11 is 13.0. The molecular formula is C31H27Cl2N3O. The number of anilines is 1. The number of carbonyl (C=O) groups excluding carboxylic acids is 1. The van der Waals surface area contributed by atoms with Crippen LogP contribution in [0.2, 0.25) is 10.0 Å². The quantitative estimate of drug-likeness (QED) is 0.423. The number of nitrogens with zero attached hydrogens (tertiary/aromatic N) is 3. The number of rotatable bonds is 3. The van der Waals surface area contributed by atoms with Crippen LogP contribution in [-0.2, 0) is 4.79 Å². The summed E-state index contributed by atoms with van der Waals surface area (Å²) < 4.78 is 0. The average Bonchev–Trinajstić information content (AvgIpc) is 3.18. The first-order valence-corrected chi connectivity index (χ1v) is 14.0. The number of hydrogen-bond donors (Lipinski definition) is 0. The van der Waals surface area contributed by atoms with Crippen molar-refractivity contribution >= 4 is 40.7 Å². The topological polar surface area (TPSA) is 67.9 Å². The molecule has 4 saturated carbocycles. The number of nitriles is 2. The number of para-hydroxylation sites is 1. The summed E-state index contributed by atoms with van der Waals surface area (Å²) in [5, 5.41) is 22.3. The Labute approximate surface area is 227 Å². The molecule has 3 unspecified atom stereocenters. The molecule has 4 nitrogen and oxygen atoms in total. The van der Waals surface area contributed by atoms with Crippen LogP contribution in [0.3, 0.4) is 0 Å². The molecule has 1 saturated heterocycles. The maximum Gasteiger partial charge on any atom is 0.176 e. The number of carbonyl (C=O) groups is 1. The van der Waals surface area contributed by atoms with Gasteiger partial charge in [-0.15, -0.1) is 0 Å². The summed E-state index contributed by atoms with van der Waals surface area (Å²) in [6, 6.07) is 16.8. The van der Waals surface area contributed by atoms with E-state index >= 15 is 4.79 Å². The zero-order chi connectivity index (χ0) is 25.5. The van der Waals surface area contributed by atoms with Crippen molar-refractivity contribution in [1.82, 2.24) is 0 Å². The van der Waals surface area contributed by atoms with Crippen LogP contribution in [0.15, 0.2) is 48.5 Å². The molecule has 0 amide bonds. The molecule has 3 atom stereocenters. The predicted octanol–water partition coefficient (Wildman–Crippen LogP) is 7.18. The minimum absolute atomic E-state index is 0.199. The van der Waals surface area contributed by atoms with Crippen molar-refractivity contribution in [3.05, 3.63) is 69.7 Å². The van der Waals surface area contributed by atoms with Gasteiger partial charge in [-0.1, -0.05) is 59.6 Å². The van der Waals surface area contributed by atoms with Gasteiger partial charge in [-0.2, -0.15) is 10.5 Å². The molecule has 5 fully saturated rings. The van der Waals surface area contributed by atoms with Gasteiger partial charge >= 0.3 is 0 Å². The molecule has 2 aromatic carbocycles. The highest BCUT2D eigenvalue weighted by Gasteiger charge is 2.67. The number of fused-ring (bicyclic) bond motifs is 3. The monoisotopic (exact) mass is 527 g/mol. The molecule has 2 aliphatic heterocycles. The van der Waals surface area contributed by atoms with Gasteiger partial charge in [0.15, 0.2) is 11.2 Å². The smallest absolute Gasteiger partial charge is 0.176 e. The van der Waals surface area contributed by atoms with Gasteiger partial charge in [-0.05, 0) is 85.6 Å². The largest absolute Gasteiger partial charge is 0.351 e. The van der Waals surface area contributed by atoms with E-state index in [-0.39, 0.29) is 5.78 Å². The van der Waals surface area contributed by atoms with E-state index in [2.05, 4.69) is 17.0 Å². The molecule has 0 radical (unpaired) electrons. The molecule has 8 rings (SSSR count). The molecule has 186 valence electrons. The maximum atomic E-state index is 15.1. The Bertz CT molecular complexity index is 1380. The molecule has 0 N–H and O–H groups in total. The van der Waals surface area contributed by atoms with E-state index in [0.717, 1.165) is 30.5 Å². The lowest BCUT2D eigenvalue weighted by molar-refractivity contribution is -0.145. The van der Waals surface area contributed by atoms with Crippen LogP contribution in [0.4, 0.5) is 5.69 Å². The van der Waals surface area contributed by atoms with Crippen molar-refractivity contribution in [2.75, 3.05) is 4.90 Å². The predicted molar refractivity (Wildman–Crippen MR) is 144 cm³/mol. The van der Waals surface area contributed by atoms with Gasteiger partial charge in [0.25, 0.3) is 0 Å². The Morgan fingerprint density at radius 3 is 2.22 bits per heavy atom. The zero-order valence-corrected chi connectivity index (χ0v) is 21.9. The summed E-state index contributed by atoms with van der Waals surface area (Å²) in [7, 11) is 0. The van der Waals surface area contributed by atoms with Gasteiger partial charge in [0.1, 0.15) is 0 Å². The summed E-state index contributed by atoms with van der Waals surface area (Å²) in [4.78, 5) is 17.2. The molecule has 4 bridgehead atoms. The summed E-state index contributed by atoms with van der Waals surface area (Å²) in [6.07, 6.45) is 10.4. The van der Waals surface area contributed by atoms with Crippen molar-refractivity contribution in [2.24, 2.45) is 28.6 Å². The minimum Gasteiger partial charge on any atom is -0.351 e. The van der Waals surface area contributed by atoms with Crippen molar-refractivity contribution in [3.63, 3.8) is 0 Å². The molecule has 2 heterocycles. The molecule has 6 aliphatic rings. The van der Waals surface area contributed by atoms with E-state index in [1.807, 2.05) is 42.5 Å². The van der Waals surface area contributed by atoms with E-state index in [4.69, 9.17) is 23.2 Å². The summed E-state index contributed by atoms with van der Waals surface area (Å²) in [6.45, 7) is 0. The molecule has 4 aliphatic carbocycles. The first kappa shape index (κ1) is 23.3. The highest BCUT2D eigenvalue weighted by atomic mass is 35.5. The number of ketones is 1. The van der Waals surface area contributed by atoms with Crippen LogP contribution in [0, 0.1) is 51.2 Å². The van der Waals surface area contributed by atoms with Crippen LogP contribution in [0.25, 0.3) is 6.08 Å². The van der Waals surface area contributed by atoms with Gasteiger partial charge in [0.2, 0.25) is 0 Å². The van der Waals surface area contributed by atoms with E-state index < -0.39 is 28.8 Å². The fourth-order valence-electron chi connectivity index (χ4n) is 9.06. The van der Waals surface area contributed by atoms with Crippen LogP contribution in [0.1, 0.15) is 55.6 Å². The second-order valence-corrected chi connectivity index (χ2v) is 12.9. The molecule has 2 aromatic rings. The molecule has 0 aromatic heterocycles. The standard InChI is InChI=1S/C31H27Cl2N3O/c32-22-6-7-23(24(33)12-22)27-28(29(37)30-13-18-9-19(14-30)11-20(10-18)15-30)36-25-4-2-1-3-21(25)5-8-26(36)31(27,16-34)17-35/h1-8,12,18-20,26-28H,9-11,13-15H2. The van der Waals surface area contributed by atoms with Crippen LogP contribution >= 0.6 is 23.2 Å². The Hall–Kier alpha value is -2.79. The fraction of sp³-hybridized carbons (Fsp3) is 0.452. The highest BCUT2D eigenvalue weighted by molar-refractivity contribution is 6.35. The lowest BCUT2D eigenvalue weighted by Gasteiger charge is -2.57. The van der Waals surface area contributed by atoms with Gasteiger partial charge in [0.05, 0.1) is 24.2 Å². The van der Waals surface area contributed by atoms with Crippen molar-refractivity contribution in [1.29, 1.82) is 10.5 Å². The third-order valence-electron chi connectivity index (χ3n) is 10.0. The highest BCUT2D eigenvalue weighted by Crippen LogP contribution is 2.64. The van der Waals surface area contributed by atoms with Gasteiger partial charge < -0.3 is 4.90 Å². The first-order valence-electron chi connectivity index (χ1n) is 13.3. The molecule has 6 heteroatoms. The zero-order valence-electron chi connectivity index (χ0n) is 20.4. The first-order chi connectivity index (χ1) is 17.9. The Morgan fingerprint density at radius 2 is 1.59 bits per heavy atom. The van der Waals surface area contributed by atoms with Crippen molar-refractivity contribution in [2.45, 2.75) is 56.5 Å². The average molecular weight is 528 g/mol. The Kier molecular flexibility index (Phi) is 5.11. The van der Waals surface area contributed by atoms with Crippen LogP contribution in [0.5, 0.6) is 0 Å². The SMILES string of the molecule is N#CC1(C#N)C(c2ccc(Cl)cc2Cl)C(C(=O)C23CC4CC(CC(C4)C2)C3)N2c3ccccc3C=CC21. The second-order valence-electron chi connectivity index (χ2n) is 12.0. The lowest BCUT2D eigenvalue weighted by Crippen LogP contribution is -2.56. The molecule has 0 spiro atoms. The second kappa shape index (κ2) is 8.10. The molecule has 37 heavy (non-hydrogen) atoms. The summed E-state index contributed by atoms with van der Waals surface area (Å²) in [5.74, 6) is 1.32. The fourth-order valence-corrected chi connectivity index (χ4v) is 9.58. The van der Waals surface area contributed by atoms with E-state index in [0.29, 0.717) is 33.4 Å². The third-order valence-corrected chi connectivity index (χ3v) is 10.6. The third kappa shape index (κ3) is 3.16. The van der Waals surface area contributed by atoms with E-state index in [1.54, 1.807) is 12.1 Å². The van der Waals surface area contributed by atoms with E-state index in [1.165, 1.54) is 19.3 Å². The van der Waals surface area contributed by atoms with Crippen molar-refractivity contribution in [3.8, 4) is 12.1 Å². The number of hydrogen-bond acceptors (Lipinski definition) is 4. The minimum atomic E-state index is -1.48. The molecular weight excluding hydrogens is 501 g/mol. The van der Waals surface area contributed by atoms with Gasteiger partial charge in [0, 0.05) is 27.1 Å². The normalized spacial score (nSPS) is 35.9. The van der Waals surface area contributed by atoms with Crippen LogP contribution < -0.4 is 4.90 Å². The number of halogens is 2. The number of Topliss-reactive ketones (excluding diaryl/α,β-unsaturated/α-hetero) is 1. The number of benzene rings is 2. The Morgan fingerprint density at radius 1 is 0.946 bits per heavy atom.